The van der Waals surface area contributed by atoms with Gasteiger partial charge in [0.25, 0.3) is 0 Å². The van der Waals surface area contributed by atoms with Crippen molar-refractivity contribution >= 4 is 0 Å². The molecule has 17 heavy (non-hydrogen) atoms. The van der Waals surface area contributed by atoms with Crippen LogP contribution in [0, 0.1) is 5.41 Å². The second kappa shape index (κ2) is 6.70. The molecule has 0 unspecified atom stereocenters. The van der Waals surface area contributed by atoms with Crippen LogP contribution in [0.3, 0.4) is 0 Å². The van der Waals surface area contributed by atoms with Gasteiger partial charge in [-0.15, -0.1) is 0 Å². The molecule has 0 saturated heterocycles. The Morgan fingerprint density at radius 1 is 1.18 bits per heavy atom. The molecule has 1 aliphatic carbocycles. The van der Waals surface area contributed by atoms with E-state index in [4.69, 9.17) is 14.2 Å². The van der Waals surface area contributed by atoms with Gasteiger partial charge in [0, 0.05) is 12.0 Å². The maximum Gasteiger partial charge on any atom is 0.1000 e. The third-order valence-corrected chi connectivity index (χ3v) is 2.91. The van der Waals surface area contributed by atoms with E-state index in [1.807, 2.05) is 0 Å². The van der Waals surface area contributed by atoms with Crippen LogP contribution in [0.2, 0.25) is 0 Å². The summed E-state index contributed by atoms with van der Waals surface area (Å²) < 4.78 is 16.4. The molecule has 0 bridgehead atoms. The van der Waals surface area contributed by atoms with E-state index < -0.39 is 0 Å². The van der Waals surface area contributed by atoms with Gasteiger partial charge in [0.15, 0.2) is 0 Å². The lowest BCUT2D eigenvalue weighted by Gasteiger charge is -2.28. The summed E-state index contributed by atoms with van der Waals surface area (Å²) in [5.41, 5.74) is -0.122. The third kappa shape index (κ3) is 4.43. The Balaban J connectivity index is 2.60. The van der Waals surface area contributed by atoms with Gasteiger partial charge in [0.2, 0.25) is 0 Å². The molecule has 1 rings (SSSR count). The Bertz CT molecular complexity index is 272. The first-order chi connectivity index (χ1) is 8.13. The molecule has 3 heteroatoms. The minimum Gasteiger partial charge on any atom is -0.501 e. The first-order valence-electron chi connectivity index (χ1n) is 6.22. The molecule has 1 aliphatic rings. The largest absolute Gasteiger partial charge is 0.501 e. The standard InChI is InChI=1S/C14H24O3/c1-5-6-7-17-11-14(2)9-12(15-3)8-13(10-14)16-4/h9-10H,5-8,11H2,1-4H3. The maximum absolute atomic E-state index is 5.70. The fourth-order valence-electron chi connectivity index (χ4n) is 1.93. The minimum atomic E-state index is -0.122. The topological polar surface area (TPSA) is 27.7 Å². The second-order valence-corrected chi connectivity index (χ2v) is 4.72. The quantitative estimate of drug-likeness (QED) is 0.639. The molecule has 0 heterocycles. The molecule has 0 atom stereocenters. The van der Waals surface area contributed by atoms with E-state index in [0.717, 1.165) is 37.4 Å². The van der Waals surface area contributed by atoms with Crippen molar-refractivity contribution in [2.24, 2.45) is 5.41 Å². The second-order valence-electron chi connectivity index (χ2n) is 4.72. The van der Waals surface area contributed by atoms with Crippen LogP contribution >= 0.6 is 0 Å². The van der Waals surface area contributed by atoms with Crippen molar-refractivity contribution in [2.45, 2.75) is 33.1 Å². The van der Waals surface area contributed by atoms with Crippen LogP contribution in [-0.2, 0) is 14.2 Å². The zero-order valence-electron chi connectivity index (χ0n) is 11.4. The summed E-state index contributed by atoms with van der Waals surface area (Å²) in [4.78, 5) is 0. The van der Waals surface area contributed by atoms with E-state index >= 15 is 0 Å². The molecular formula is C14H24O3. The monoisotopic (exact) mass is 240 g/mol. The Morgan fingerprint density at radius 2 is 1.76 bits per heavy atom. The van der Waals surface area contributed by atoms with E-state index in [2.05, 4.69) is 26.0 Å². The number of rotatable bonds is 7. The predicted molar refractivity (Wildman–Crippen MR) is 68.6 cm³/mol. The molecule has 0 aromatic carbocycles. The lowest BCUT2D eigenvalue weighted by atomic mass is 9.85. The zero-order chi connectivity index (χ0) is 12.7. The highest BCUT2D eigenvalue weighted by Crippen LogP contribution is 2.32. The highest BCUT2D eigenvalue weighted by atomic mass is 16.5. The average molecular weight is 240 g/mol. The Labute approximate surface area is 104 Å². The molecule has 0 aliphatic heterocycles. The lowest BCUT2D eigenvalue weighted by Crippen LogP contribution is -2.23. The van der Waals surface area contributed by atoms with Gasteiger partial charge < -0.3 is 14.2 Å². The molecule has 0 spiro atoms. The summed E-state index contributed by atoms with van der Waals surface area (Å²) in [5.74, 6) is 1.90. The van der Waals surface area contributed by atoms with Gasteiger partial charge >= 0.3 is 0 Å². The SMILES string of the molecule is CCCCOCC1(C)C=C(OC)CC(OC)=C1. The summed E-state index contributed by atoms with van der Waals surface area (Å²) in [6.07, 6.45) is 7.26. The van der Waals surface area contributed by atoms with E-state index in [9.17, 15) is 0 Å². The summed E-state index contributed by atoms with van der Waals surface area (Å²) in [6, 6.07) is 0. The number of hydrogen-bond donors (Lipinski definition) is 0. The van der Waals surface area contributed by atoms with Crippen LogP contribution in [-0.4, -0.2) is 27.4 Å². The Hall–Kier alpha value is -0.960. The molecular weight excluding hydrogens is 216 g/mol. The highest BCUT2D eigenvalue weighted by molar-refractivity contribution is 5.23. The summed E-state index contributed by atoms with van der Waals surface area (Å²) >= 11 is 0. The number of hydrogen-bond acceptors (Lipinski definition) is 3. The average Bonchev–Trinajstić information content (AvgIpc) is 2.34. The smallest absolute Gasteiger partial charge is 0.1000 e. The van der Waals surface area contributed by atoms with E-state index in [1.54, 1.807) is 14.2 Å². The van der Waals surface area contributed by atoms with Crippen LogP contribution in [0.1, 0.15) is 33.1 Å². The van der Waals surface area contributed by atoms with Gasteiger partial charge in [0.05, 0.1) is 38.8 Å². The van der Waals surface area contributed by atoms with Gasteiger partial charge in [-0.3, -0.25) is 0 Å². The molecule has 0 fully saturated rings. The van der Waals surface area contributed by atoms with Crippen LogP contribution < -0.4 is 0 Å². The summed E-state index contributed by atoms with van der Waals surface area (Å²) in [5, 5.41) is 0. The number of ether oxygens (including phenoxy) is 3. The van der Waals surface area contributed by atoms with Crippen molar-refractivity contribution in [1.82, 2.24) is 0 Å². The molecule has 0 N–H and O–H groups in total. The van der Waals surface area contributed by atoms with Gasteiger partial charge in [0.1, 0.15) is 0 Å². The molecule has 0 aromatic heterocycles. The fourth-order valence-corrected chi connectivity index (χ4v) is 1.93. The molecule has 3 nitrogen and oxygen atoms in total. The minimum absolute atomic E-state index is 0.122. The van der Waals surface area contributed by atoms with Crippen LogP contribution in [0.25, 0.3) is 0 Å². The highest BCUT2D eigenvalue weighted by Gasteiger charge is 2.26. The first-order valence-corrected chi connectivity index (χ1v) is 6.22. The van der Waals surface area contributed by atoms with Crippen molar-refractivity contribution in [1.29, 1.82) is 0 Å². The molecule has 0 radical (unpaired) electrons. The Morgan fingerprint density at radius 3 is 2.24 bits per heavy atom. The lowest BCUT2D eigenvalue weighted by molar-refractivity contribution is 0.0853. The summed E-state index contributed by atoms with van der Waals surface area (Å²) in [6.45, 7) is 5.79. The fraction of sp³-hybridized carbons (Fsp3) is 0.714. The zero-order valence-corrected chi connectivity index (χ0v) is 11.4. The van der Waals surface area contributed by atoms with Gasteiger partial charge in [-0.2, -0.15) is 0 Å². The van der Waals surface area contributed by atoms with Crippen LogP contribution in [0.5, 0.6) is 0 Å². The normalized spacial score (nSPS) is 18.4. The van der Waals surface area contributed by atoms with Gasteiger partial charge in [-0.25, -0.2) is 0 Å². The third-order valence-electron chi connectivity index (χ3n) is 2.91. The van der Waals surface area contributed by atoms with Crippen molar-refractivity contribution in [3.8, 4) is 0 Å². The van der Waals surface area contributed by atoms with Gasteiger partial charge in [-0.05, 0) is 18.6 Å². The van der Waals surface area contributed by atoms with Gasteiger partial charge in [-0.1, -0.05) is 20.3 Å². The van der Waals surface area contributed by atoms with E-state index in [1.165, 1.54) is 0 Å². The predicted octanol–water partition coefficient (Wildman–Crippen LogP) is 3.27. The molecule has 0 saturated carbocycles. The van der Waals surface area contributed by atoms with Crippen molar-refractivity contribution in [3.05, 3.63) is 23.7 Å². The van der Waals surface area contributed by atoms with Crippen molar-refractivity contribution < 1.29 is 14.2 Å². The van der Waals surface area contributed by atoms with Crippen molar-refractivity contribution in [3.63, 3.8) is 0 Å². The molecule has 0 amide bonds. The first kappa shape index (κ1) is 14.1. The van der Waals surface area contributed by atoms with Crippen LogP contribution in [0.4, 0.5) is 0 Å². The maximum atomic E-state index is 5.70. The molecule has 98 valence electrons. The van der Waals surface area contributed by atoms with Crippen LogP contribution in [0.15, 0.2) is 23.7 Å². The number of methoxy groups -OCH3 is 2. The summed E-state index contributed by atoms with van der Waals surface area (Å²) in [7, 11) is 3.39. The Kier molecular flexibility index (Phi) is 5.56. The van der Waals surface area contributed by atoms with E-state index in [0.29, 0.717) is 6.61 Å². The molecule has 0 aromatic rings. The van der Waals surface area contributed by atoms with E-state index in [-0.39, 0.29) is 5.41 Å². The number of unbranched alkanes of at least 4 members (excludes halogenated alkanes) is 1. The van der Waals surface area contributed by atoms with Crippen molar-refractivity contribution in [2.75, 3.05) is 27.4 Å².